The lowest BCUT2D eigenvalue weighted by molar-refractivity contribution is 0.208. The van der Waals surface area contributed by atoms with Crippen molar-refractivity contribution in [2.24, 2.45) is 17.7 Å². The lowest BCUT2D eigenvalue weighted by atomic mass is 9.77. The second-order valence-corrected chi connectivity index (χ2v) is 5.79. The van der Waals surface area contributed by atoms with E-state index in [0.29, 0.717) is 5.92 Å². The first-order valence-electron chi connectivity index (χ1n) is 7.77. The summed E-state index contributed by atoms with van der Waals surface area (Å²) in [7, 11) is 0. The minimum atomic E-state index is 0.206. The number of nitrogens with two attached hydrogens (primary N) is 1. The molecular formula is C15H28N4. The van der Waals surface area contributed by atoms with Gasteiger partial charge in [0.2, 0.25) is 0 Å². The number of nitrogens with one attached hydrogen (secondary N) is 1. The van der Waals surface area contributed by atoms with Crippen LogP contribution in [0.1, 0.15) is 64.2 Å². The van der Waals surface area contributed by atoms with Crippen molar-refractivity contribution in [1.29, 1.82) is 0 Å². The first-order chi connectivity index (χ1) is 9.30. The second kappa shape index (κ2) is 7.06. The van der Waals surface area contributed by atoms with Crippen LogP contribution in [0.3, 0.4) is 0 Å². The van der Waals surface area contributed by atoms with Crippen molar-refractivity contribution in [2.45, 2.75) is 65.0 Å². The van der Waals surface area contributed by atoms with Crippen molar-refractivity contribution in [2.75, 3.05) is 0 Å². The summed E-state index contributed by atoms with van der Waals surface area (Å²) >= 11 is 0. The third-order valence-corrected chi connectivity index (χ3v) is 4.61. The first-order valence-corrected chi connectivity index (χ1v) is 7.77. The Balaban J connectivity index is 2.00. The zero-order chi connectivity index (χ0) is 13.7. The van der Waals surface area contributed by atoms with E-state index in [4.69, 9.17) is 5.84 Å². The molecule has 4 heteroatoms. The van der Waals surface area contributed by atoms with Crippen molar-refractivity contribution in [3.05, 3.63) is 18.2 Å². The molecule has 108 valence electrons. The van der Waals surface area contributed by atoms with Gasteiger partial charge >= 0.3 is 0 Å². The van der Waals surface area contributed by atoms with E-state index in [1.807, 2.05) is 12.4 Å². The topological polar surface area (TPSA) is 55.9 Å². The molecular weight excluding hydrogens is 236 g/mol. The number of hydrazine groups is 1. The van der Waals surface area contributed by atoms with Crippen LogP contribution >= 0.6 is 0 Å². The van der Waals surface area contributed by atoms with Crippen molar-refractivity contribution < 1.29 is 0 Å². The van der Waals surface area contributed by atoms with Gasteiger partial charge in [-0.3, -0.25) is 5.84 Å². The lowest BCUT2D eigenvalue weighted by Crippen LogP contribution is -2.37. The highest BCUT2D eigenvalue weighted by molar-refractivity contribution is 5.02. The Morgan fingerprint density at radius 1 is 1.37 bits per heavy atom. The summed E-state index contributed by atoms with van der Waals surface area (Å²) in [5, 5.41) is 0. The molecule has 0 aromatic carbocycles. The van der Waals surface area contributed by atoms with E-state index < -0.39 is 0 Å². The number of imidazole rings is 1. The van der Waals surface area contributed by atoms with Gasteiger partial charge in [-0.25, -0.2) is 10.4 Å². The van der Waals surface area contributed by atoms with Crippen molar-refractivity contribution >= 4 is 0 Å². The van der Waals surface area contributed by atoms with Crippen molar-refractivity contribution in [3.8, 4) is 0 Å². The number of hydrogen-bond acceptors (Lipinski definition) is 3. The fraction of sp³-hybridized carbons (Fsp3) is 0.800. The molecule has 1 aliphatic carbocycles. The molecule has 0 aliphatic heterocycles. The van der Waals surface area contributed by atoms with Gasteiger partial charge in [0.1, 0.15) is 5.82 Å². The molecule has 0 amide bonds. The Bertz CT molecular complexity index is 366. The van der Waals surface area contributed by atoms with E-state index in [0.717, 1.165) is 18.3 Å². The predicted molar refractivity (Wildman–Crippen MR) is 78.3 cm³/mol. The molecule has 0 bridgehead atoms. The molecule has 1 aromatic heterocycles. The summed E-state index contributed by atoms with van der Waals surface area (Å²) in [6.45, 7) is 5.39. The second-order valence-electron chi connectivity index (χ2n) is 5.79. The van der Waals surface area contributed by atoms with E-state index in [1.165, 1.54) is 38.5 Å². The molecule has 1 atom stereocenters. The molecule has 0 saturated heterocycles. The highest BCUT2D eigenvalue weighted by Gasteiger charge is 2.29. The zero-order valence-corrected chi connectivity index (χ0v) is 12.3. The van der Waals surface area contributed by atoms with Gasteiger partial charge in [-0.2, -0.15) is 0 Å². The third kappa shape index (κ3) is 3.37. The van der Waals surface area contributed by atoms with Gasteiger partial charge in [0.05, 0.1) is 6.04 Å². The number of aromatic nitrogens is 2. The molecule has 1 heterocycles. The molecule has 0 radical (unpaired) electrons. The summed E-state index contributed by atoms with van der Waals surface area (Å²) in [6.07, 6.45) is 11.9. The largest absolute Gasteiger partial charge is 0.334 e. The van der Waals surface area contributed by atoms with Crippen LogP contribution in [0.25, 0.3) is 0 Å². The summed E-state index contributed by atoms with van der Waals surface area (Å²) in [4.78, 5) is 4.51. The number of hydrogen-bond donors (Lipinski definition) is 2. The Kier molecular flexibility index (Phi) is 5.40. The van der Waals surface area contributed by atoms with Crippen molar-refractivity contribution in [3.63, 3.8) is 0 Å². The van der Waals surface area contributed by atoms with E-state index in [9.17, 15) is 0 Å². The van der Waals surface area contributed by atoms with E-state index in [-0.39, 0.29) is 6.04 Å². The van der Waals surface area contributed by atoms with E-state index in [2.05, 4.69) is 28.8 Å². The summed E-state index contributed by atoms with van der Waals surface area (Å²) in [6, 6.07) is 0.206. The maximum absolute atomic E-state index is 5.81. The molecule has 0 spiro atoms. The highest BCUT2D eigenvalue weighted by Crippen LogP contribution is 2.37. The monoisotopic (exact) mass is 264 g/mol. The fourth-order valence-electron chi connectivity index (χ4n) is 3.51. The summed E-state index contributed by atoms with van der Waals surface area (Å²) in [5.74, 6) is 8.48. The fourth-order valence-corrected chi connectivity index (χ4v) is 3.51. The van der Waals surface area contributed by atoms with Crippen molar-refractivity contribution in [1.82, 2.24) is 15.0 Å². The maximum atomic E-state index is 5.81. The lowest BCUT2D eigenvalue weighted by Gasteiger charge is -2.33. The Morgan fingerprint density at radius 2 is 2.11 bits per heavy atom. The van der Waals surface area contributed by atoms with Crippen LogP contribution in [-0.4, -0.2) is 9.55 Å². The predicted octanol–water partition coefficient (Wildman–Crippen LogP) is 3.01. The molecule has 3 N–H and O–H groups in total. The normalized spacial score (nSPS) is 25.4. The third-order valence-electron chi connectivity index (χ3n) is 4.61. The number of aryl methyl sites for hydroxylation is 1. The molecule has 1 saturated carbocycles. The summed E-state index contributed by atoms with van der Waals surface area (Å²) < 4.78 is 2.20. The van der Waals surface area contributed by atoms with Gasteiger partial charge in [-0.05, 0) is 31.6 Å². The maximum Gasteiger partial charge on any atom is 0.127 e. The molecule has 2 rings (SSSR count). The van der Waals surface area contributed by atoms with Gasteiger partial charge in [0, 0.05) is 18.9 Å². The van der Waals surface area contributed by atoms with Crippen LogP contribution < -0.4 is 11.3 Å². The standard InChI is InChI=1S/C15H28N4/c1-3-5-12-6-8-13(9-7-12)14(18-16)15-17-10-11-19(15)4-2/h10-14,18H,3-9,16H2,1-2H3. The summed E-state index contributed by atoms with van der Waals surface area (Å²) in [5.41, 5.74) is 3.01. The average molecular weight is 264 g/mol. The van der Waals surface area contributed by atoms with Crippen LogP contribution in [0.4, 0.5) is 0 Å². The van der Waals surface area contributed by atoms with Gasteiger partial charge in [-0.15, -0.1) is 0 Å². The highest BCUT2D eigenvalue weighted by atomic mass is 15.3. The van der Waals surface area contributed by atoms with Gasteiger partial charge in [0.15, 0.2) is 0 Å². The number of rotatable bonds is 6. The van der Waals surface area contributed by atoms with E-state index >= 15 is 0 Å². The molecule has 1 unspecified atom stereocenters. The quantitative estimate of drug-likeness (QED) is 0.613. The minimum Gasteiger partial charge on any atom is -0.334 e. The molecule has 1 aromatic rings. The minimum absolute atomic E-state index is 0.206. The Hall–Kier alpha value is -0.870. The van der Waals surface area contributed by atoms with Gasteiger partial charge < -0.3 is 4.57 Å². The van der Waals surface area contributed by atoms with Crippen LogP contribution in [-0.2, 0) is 6.54 Å². The molecule has 4 nitrogen and oxygen atoms in total. The smallest absolute Gasteiger partial charge is 0.127 e. The SMILES string of the molecule is CCCC1CCC(C(NN)c2nccn2CC)CC1. The van der Waals surface area contributed by atoms with Crippen LogP contribution in [0.15, 0.2) is 12.4 Å². The zero-order valence-electron chi connectivity index (χ0n) is 12.3. The molecule has 19 heavy (non-hydrogen) atoms. The van der Waals surface area contributed by atoms with Crippen LogP contribution in [0, 0.1) is 11.8 Å². The first kappa shape index (κ1) is 14.5. The Morgan fingerprint density at radius 3 is 2.68 bits per heavy atom. The Labute approximate surface area is 116 Å². The van der Waals surface area contributed by atoms with Crippen LogP contribution in [0.5, 0.6) is 0 Å². The molecule has 1 aliphatic rings. The average Bonchev–Trinajstić information content (AvgIpc) is 2.90. The van der Waals surface area contributed by atoms with Gasteiger partial charge in [-0.1, -0.05) is 32.6 Å². The van der Waals surface area contributed by atoms with Gasteiger partial charge in [0.25, 0.3) is 0 Å². The molecule has 1 fully saturated rings. The van der Waals surface area contributed by atoms with Crippen LogP contribution in [0.2, 0.25) is 0 Å². The van der Waals surface area contributed by atoms with E-state index in [1.54, 1.807) is 0 Å². The number of nitrogens with zero attached hydrogens (tertiary/aromatic N) is 2.